The predicted octanol–water partition coefficient (Wildman–Crippen LogP) is 2.59. The number of nitrogens with zero attached hydrogens (tertiary/aromatic N) is 4. The number of H-pyrrole nitrogens is 1. The van der Waals surface area contributed by atoms with E-state index in [0.717, 1.165) is 42.3 Å². The van der Waals surface area contributed by atoms with Crippen molar-refractivity contribution in [1.82, 2.24) is 19.5 Å². The summed E-state index contributed by atoms with van der Waals surface area (Å²) in [6.45, 7) is 3.97. The van der Waals surface area contributed by atoms with Gasteiger partial charge in [0.2, 0.25) is 5.95 Å². The Hall–Kier alpha value is -2.30. The molecule has 5 heteroatoms. The molecule has 0 bridgehead atoms. The van der Waals surface area contributed by atoms with Crippen LogP contribution in [0.2, 0.25) is 0 Å². The first-order valence-corrected chi connectivity index (χ1v) is 6.87. The summed E-state index contributed by atoms with van der Waals surface area (Å²) in [5, 5.41) is 0. The largest absolute Gasteiger partial charge is 0.345 e. The number of benzene rings is 1. The van der Waals surface area contributed by atoms with Gasteiger partial charge in [-0.25, -0.2) is 9.97 Å². The molecule has 0 unspecified atom stereocenters. The molecule has 0 atom stereocenters. The van der Waals surface area contributed by atoms with Gasteiger partial charge in [0.25, 0.3) is 0 Å². The van der Waals surface area contributed by atoms with Gasteiger partial charge < -0.3 is 14.5 Å². The molecule has 20 heavy (non-hydrogen) atoms. The SMILES string of the molecule is Cc1nccn1CCCN(C)c1nc2ccccc2[nH]1. The van der Waals surface area contributed by atoms with Gasteiger partial charge in [0.05, 0.1) is 11.0 Å². The number of aryl methyl sites for hydroxylation is 2. The zero-order valence-corrected chi connectivity index (χ0v) is 11.9. The van der Waals surface area contributed by atoms with Gasteiger partial charge >= 0.3 is 0 Å². The maximum Gasteiger partial charge on any atom is 0.203 e. The molecule has 5 nitrogen and oxygen atoms in total. The van der Waals surface area contributed by atoms with E-state index in [-0.39, 0.29) is 0 Å². The van der Waals surface area contributed by atoms with Crippen molar-refractivity contribution in [3.05, 3.63) is 42.5 Å². The molecule has 0 radical (unpaired) electrons. The van der Waals surface area contributed by atoms with Crippen molar-refractivity contribution >= 4 is 17.0 Å². The number of hydrogen-bond donors (Lipinski definition) is 1. The van der Waals surface area contributed by atoms with Crippen molar-refractivity contribution in [3.63, 3.8) is 0 Å². The third-order valence-electron chi connectivity index (χ3n) is 3.55. The van der Waals surface area contributed by atoms with Crippen LogP contribution in [-0.4, -0.2) is 33.1 Å². The maximum absolute atomic E-state index is 4.60. The van der Waals surface area contributed by atoms with Gasteiger partial charge in [-0.15, -0.1) is 0 Å². The number of rotatable bonds is 5. The first-order chi connectivity index (χ1) is 9.74. The fraction of sp³-hybridized carbons (Fsp3) is 0.333. The van der Waals surface area contributed by atoms with Gasteiger partial charge in [-0.05, 0) is 25.5 Å². The maximum atomic E-state index is 4.60. The highest BCUT2D eigenvalue weighted by Crippen LogP contribution is 2.16. The second-order valence-electron chi connectivity index (χ2n) is 5.02. The third-order valence-corrected chi connectivity index (χ3v) is 3.55. The van der Waals surface area contributed by atoms with Crippen molar-refractivity contribution in [2.75, 3.05) is 18.5 Å². The summed E-state index contributed by atoms with van der Waals surface area (Å²) < 4.78 is 2.17. The summed E-state index contributed by atoms with van der Waals surface area (Å²) in [4.78, 5) is 14.3. The molecule has 0 amide bonds. The van der Waals surface area contributed by atoms with E-state index in [1.54, 1.807) is 0 Å². The highest BCUT2D eigenvalue weighted by molar-refractivity contribution is 5.77. The molecule has 0 spiro atoms. The fourth-order valence-corrected chi connectivity index (χ4v) is 2.34. The number of fused-ring (bicyclic) bond motifs is 1. The quantitative estimate of drug-likeness (QED) is 0.774. The predicted molar refractivity (Wildman–Crippen MR) is 80.9 cm³/mol. The van der Waals surface area contributed by atoms with Gasteiger partial charge in [-0.1, -0.05) is 12.1 Å². The van der Waals surface area contributed by atoms with Crippen molar-refractivity contribution < 1.29 is 0 Å². The van der Waals surface area contributed by atoms with E-state index in [2.05, 4.69) is 37.5 Å². The number of anilines is 1. The lowest BCUT2D eigenvalue weighted by Gasteiger charge is -2.16. The van der Waals surface area contributed by atoms with Crippen LogP contribution in [0.25, 0.3) is 11.0 Å². The Kier molecular flexibility index (Phi) is 3.41. The van der Waals surface area contributed by atoms with E-state index in [9.17, 15) is 0 Å². The van der Waals surface area contributed by atoms with Gasteiger partial charge in [0.1, 0.15) is 5.82 Å². The van der Waals surface area contributed by atoms with E-state index in [1.165, 1.54) is 0 Å². The topological polar surface area (TPSA) is 49.7 Å². The van der Waals surface area contributed by atoms with Gasteiger partial charge in [-0.3, -0.25) is 0 Å². The standard InChI is InChI=1S/C15H19N5/c1-12-16-8-11-20(12)10-5-9-19(2)15-17-13-6-3-4-7-14(13)18-15/h3-4,6-8,11H,5,9-10H2,1-2H3,(H,17,18). The Morgan fingerprint density at radius 3 is 2.90 bits per heavy atom. The van der Waals surface area contributed by atoms with Crippen LogP contribution in [0.1, 0.15) is 12.2 Å². The molecule has 0 aliphatic carbocycles. The van der Waals surface area contributed by atoms with E-state index in [4.69, 9.17) is 0 Å². The molecule has 0 saturated heterocycles. The minimum absolute atomic E-state index is 0.925. The van der Waals surface area contributed by atoms with Crippen molar-refractivity contribution in [1.29, 1.82) is 0 Å². The number of hydrogen-bond acceptors (Lipinski definition) is 3. The summed E-state index contributed by atoms with van der Waals surface area (Å²) in [7, 11) is 2.07. The van der Waals surface area contributed by atoms with Gasteiger partial charge in [-0.2, -0.15) is 0 Å². The van der Waals surface area contributed by atoms with E-state index < -0.39 is 0 Å². The summed E-state index contributed by atoms with van der Waals surface area (Å²) >= 11 is 0. The molecule has 0 aliphatic heterocycles. The van der Waals surface area contributed by atoms with Crippen LogP contribution in [0.5, 0.6) is 0 Å². The van der Waals surface area contributed by atoms with Crippen LogP contribution in [0.15, 0.2) is 36.7 Å². The summed E-state index contributed by atoms with van der Waals surface area (Å²) in [5.41, 5.74) is 2.10. The Balaban J connectivity index is 1.61. The van der Waals surface area contributed by atoms with Crippen LogP contribution >= 0.6 is 0 Å². The van der Waals surface area contributed by atoms with Crippen LogP contribution in [-0.2, 0) is 6.54 Å². The Labute approximate surface area is 118 Å². The van der Waals surface area contributed by atoms with Crippen LogP contribution < -0.4 is 4.90 Å². The third kappa shape index (κ3) is 2.52. The molecule has 0 aliphatic rings. The molecule has 0 saturated carbocycles. The minimum Gasteiger partial charge on any atom is -0.345 e. The number of aromatic amines is 1. The molecular formula is C15H19N5. The van der Waals surface area contributed by atoms with Gasteiger partial charge in [0, 0.05) is 32.5 Å². The van der Waals surface area contributed by atoms with Gasteiger partial charge in [0.15, 0.2) is 0 Å². The first-order valence-electron chi connectivity index (χ1n) is 6.87. The highest BCUT2D eigenvalue weighted by atomic mass is 15.2. The lowest BCUT2D eigenvalue weighted by Crippen LogP contribution is -2.21. The number of imidazole rings is 2. The van der Waals surface area contributed by atoms with Crippen LogP contribution in [0, 0.1) is 6.92 Å². The number of nitrogens with one attached hydrogen (secondary N) is 1. The molecular weight excluding hydrogens is 250 g/mol. The molecule has 104 valence electrons. The normalized spacial score (nSPS) is 11.1. The average Bonchev–Trinajstić information content (AvgIpc) is 3.05. The van der Waals surface area contributed by atoms with Crippen LogP contribution in [0.3, 0.4) is 0 Å². The lowest BCUT2D eigenvalue weighted by atomic mass is 10.3. The zero-order valence-electron chi connectivity index (χ0n) is 11.9. The fourth-order valence-electron chi connectivity index (χ4n) is 2.34. The molecule has 1 aromatic carbocycles. The Morgan fingerprint density at radius 2 is 2.15 bits per heavy atom. The summed E-state index contributed by atoms with van der Waals surface area (Å²) in [6.07, 6.45) is 4.93. The van der Waals surface area contributed by atoms with Crippen molar-refractivity contribution in [2.24, 2.45) is 0 Å². The number of para-hydroxylation sites is 2. The van der Waals surface area contributed by atoms with E-state index in [0.29, 0.717) is 0 Å². The zero-order chi connectivity index (χ0) is 13.9. The molecule has 2 aromatic heterocycles. The molecule has 3 aromatic rings. The second kappa shape index (κ2) is 5.36. The smallest absolute Gasteiger partial charge is 0.203 e. The first kappa shape index (κ1) is 12.7. The minimum atomic E-state index is 0.925. The Morgan fingerprint density at radius 1 is 1.30 bits per heavy atom. The molecule has 2 heterocycles. The Bertz CT molecular complexity index is 664. The monoisotopic (exact) mass is 269 g/mol. The van der Waals surface area contributed by atoms with Crippen LogP contribution in [0.4, 0.5) is 5.95 Å². The van der Waals surface area contributed by atoms with E-state index in [1.807, 2.05) is 37.5 Å². The number of aromatic nitrogens is 4. The molecule has 0 fully saturated rings. The average molecular weight is 269 g/mol. The van der Waals surface area contributed by atoms with Crippen molar-refractivity contribution in [3.8, 4) is 0 Å². The summed E-state index contributed by atoms with van der Waals surface area (Å²) in [5.74, 6) is 1.99. The molecule has 3 rings (SSSR count). The summed E-state index contributed by atoms with van der Waals surface area (Å²) in [6, 6.07) is 8.10. The van der Waals surface area contributed by atoms with E-state index >= 15 is 0 Å². The molecule has 1 N–H and O–H groups in total. The van der Waals surface area contributed by atoms with Crippen molar-refractivity contribution in [2.45, 2.75) is 19.9 Å². The lowest BCUT2D eigenvalue weighted by molar-refractivity contribution is 0.620. The highest BCUT2D eigenvalue weighted by Gasteiger charge is 2.07. The second-order valence-corrected chi connectivity index (χ2v) is 5.02.